The SMILES string of the molecule is COc1ccc(CCC(O)c2cc(OC)ncn2)cc1. The minimum absolute atomic E-state index is 0.457. The van der Waals surface area contributed by atoms with Crippen LogP contribution in [0.2, 0.25) is 0 Å². The second-order valence-electron chi connectivity index (χ2n) is 4.39. The van der Waals surface area contributed by atoms with Gasteiger partial charge in [-0.3, -0.25) is 0 Å². The Bertz CT molecular complexity index is 543. The van der Waals surface area contributed by atoms with Crippen LogP contribution in [0.1, 0.15) is 23.8 Å². The number of hydrogen-bond acceptors (Lipinski definition) is 5. The predicted octanol–water partition coefficient (Wildman–Crippen LogP) is 2.16. The highest BCUT2D eigenvalue weighted by atomic mass is 16.5. The maximum Gasteiger partial charge on any atom is 0.216 e. The molecule has 1 aromatic carbocycles. The summed E-state index contributed by atoms with van der Waals surface area (Å²) >= 11 is 0. The van der Waals surface area contributed by atoms with Crippen molar-refractivity contribution in [2.24, 2.45) is 0 Å². The molecule has 1 heterocycles. The van der Waals surface area contributed by atoms with Crippen LogP contribution in [0.4, 0.5) is 0 Å². The Labute approximate surface area is 118 Å². The third-order valence-electron chi connectivity index (χ3n) is 3.08. The van der Waals surface area contributed by atoms with Crippen molar-refractivity contribution in [1.29, 1.82) is 0 Å². The molecule has 2 rings (SSSR count). The summed E-state index contributed by atoms with van der Waals surface area (Å²) in [5.74, 6) is 1.29. The highest BCUT2D eigenvalue weighted by Gasteiger charge is 2.10. The molecule has 0 radical (unpaired) electrons. The minimum atomic E-state index is -0.631. The van der Waals surface area contributed by atoms with E-state index in [2.05, 4.69) is 9.97 Å². The zero-order valence-electron chi connectivity index (χ0n) is 11.6. The van der Waals surface area contributed by atoms with Gasteiger partial charge in [-0.1, -0.05) is 12.1 Å². The number of aromatic nitrogens is 2. The van der Waals surface area contributed by atoms with E-state index in [-0.39, 0.29) is 0 Å². The molecule has 0 spiro atoms. The molecule has 0 bridgehead atoms. The molecule has 0 saturated carbocycles. The Morgan fingerprint density at radius 2 is 1.85 bits per heavy atom. The lowest BCUT2D eigenvalue weighted by Gasteiger charge is -2.10. The molecule has 1 aromatic heterocycles. The van der Waals surface area contributed by atoms with Gasteiger partial charge in [0.1, 0.15) is 12.1 Å². The highest BCUT2D eigenvalue weighted by Crippen LogP contribution is 2.20. The van der Waals surface area contributed by atoms with E-state index >= 15 is 0 Å². The molecule has 0 aliphatic heterocycles. The highest BCUT2D eigenvalue weighted by molar-refractivity contribution is 5.27. The summed E-state index contributed by atoms with van der Waals surface area (Å²) in [6.07, 6.45) is 2.11. The molecule has 5 nitrogen and oxygen atoms in total. The van der Waals surface area contributed by atoms with Gasteiger partial charge < -0.3 is 14.6 Å². The van der Waals surface area contributed by atoms with Crippen LogP contribution >= 0.6 is 0 Å². The molecule has 0 amide bonds. The molecule has 0 aliphatic carbocycles. The molecule has 1 atom stereocenters. The molecular formula is C15H18N2O3. The fourth-order valence-corrected chi connectivity index (χ4v) is 1.89. The largest absolute Gasteiger partial charge is 0.497 e. The van der Waals surface area contributed by atoms with E-state index in [0.29, 0.717) is 18.0 Å². The van der Waals surface area contributed by atoms with Crippen LogP contribution in [-0.4, -0.2) is 29.3 Å². The Morgan fingerprint density at radius 3 is 2.50 bits per heavy atom. The van der Waals surface area contributed by atoms with Crippen molar-refractivity contribution >= 4 is 0 Å². The number of aryl methyl sites for hydroxylation is 1. The van der Waals surface area contributed by atoms with E-state index in [1.54, 1.807) is 13.2 Å². The van der Waals surface area contributed by atoms with E-state index in [9.17, 15) is 5.11 Å². The van der Waals surface area contributed by atoms with Crippen LogP contribution in [0.5, 0.6) is 11.6 Å². The summed E-state index contributed by atoms with van der Waals surface area (Å²) in [6.45, 7) is 0. The zero-order chi connectivity index (χ0) is 14.4. The van der Waals surface area contributed by atoms with Crippen molar-refractivity contribution in [2.75, 3.05) is 14.2 Å². The average Bonchev–Trinajstić information content (AvgIpc) is 2.53. The van der Waals surface area contributed by atoms with Gasteiger partial charge in [0, 0.05) is 6.07 Å². The standard InChI is InChI=1S/C15H18N2O3/c1-19-12-6-3-11(4-7-12)5-8-14(18)13-9-15(20-2)17-10-16-13/h3-4,6-7,9-10,14,18H,5,8H2,1-2H3. The summed E-state index contributed by atoms with van der Waals surface area (Å²) in [5.41, 5.74) is 1.72. The number of benzene rings is 1. The van der Waals surface area contributed by atoms with Gasteiger partial charge >= 0.3 is 0 Å². The lowest BCUT2D eigenvalue weighted by atomic mass is 10.0. The van der Waals surface area contributed by atoms with E-state index in [0.717, 1.165) is 17.7 Å². The summed E-state index contributed by atoms with van der Waals surface area (Å²) in [7, 11) is 3.18. The first-order chi connectivity index (χ1) is 9.72. The number of rotatable bonds is 6. The molecule has 2 aromatic rings. The molecule has 20 heavy (non-hydrogen) atoms. The number of methoxy groups -OCH3 is 2. The van der Waals surface area contributed by atoms with Crippen LogP contribution in [0.15, 0.2) is 36.7 Å². The minimum Gasteiger partial charge on any atom is -0.497 e. The maximum absolute atomic E-state index is 10.1. The fourth-order valence-electron chi connectivity index (χ4n) is 1.89. The fraction of sp³-hybridized carbons (Fsp3) is 0.333. The summed E-state index contributed by atoms with van der Waals surface area (Å²) in [5, 5.41) is 10.1. The monoisotopic (exact) mass is 274 g/mol. The normalized spacial score (nSPS) is 11.9. The molecule has 106 valence electrons. The number of aliphatic hydroxyl groups excluding tert-OH is 1. The Hall–Kier alpha value is -2.14. The number of ether oxygens (including phenoxy) is 2. The van der Waals surface area contributed by atoms with Gasteiger partial charge in [-0.15, -0.1) is 0 Å². The lowest BCUT2D eigenvalue weighted by molar-refractivity contribution is 0.162. The van der Waals surface area contributed by atoms with Crippen LogP contribution in [-0.2, 0) is 6.42 Å². The summed E-state index contributed by atoms with van der Waals surface area (Å²) in [6, 6.07) is 9.46. The second-order valence-corrected chi connectivity index (χ2v) is 4.39. The number of nitrogens with zero attached hydrogens (tertiary/aromatic N) is 2. The molecule has 0 saturated heterocycles. The quantitative estimate of drug-likeness (QED) is 0.874. The molecule has 5 heteroatoms. The van der Waals surface area contributed by atoms with Crippen molar-refractivity contribution in [3.05, 3.63) is 47.9 Å². The Kier molecular flexibility index (Phi) is 4.90. The van der Waals surface area contributed by atoms with Crippen LogP contribution in [0.25, 0.3) is 0 Å². The summed E-state index contributed by atoms with van der Waals surface area (Å²) < 4.78 is 10.1. The van der Waals surface area contributed by atoms with Crippen LogP contribution in [0, 0.1) is 0 Å². The third kappa shape index (κ3) is 3.68. The van der Waals surface area contributed by atoms with E-state index in [4.69, 9.17) is 9.47 Å². The zero-order valence-corrected chi connectivity index (χ0v) is 11.6. The second kappa shape index (κ2) is 6.86. The predicted molar refractivity (Wildman–Crippen MR) is 74.9 cm³/mol. The van der Waals surface area contributed by atoms with Gasteiger partial charge in [-0.2, -0.15) is 0 Å². The lowest BCUT2D eigenvalue weighted by Crippen LogP contribution is -2.03. The van der Waals surface area contributed by atoms with Gasteiger partial charge in [0.15, 0.2) is 0 Å². The molecule has 1 unspecified atom stereocenters. The van der Waals surface area contributed by atoms with Crippen molar-refractivity contribution in [2.45, 2.75) is 18.9 Å². The topological polar surface area (TPSA) is 64.5 Å². The van der Waals surface area contributed by atoms with Crippen molar-refractivity contribution < 1.29 is 14.6 Å². The van der Waals surface area contributed by atoms with Gasteiger partial charge in [0.05, 0.1) is 26.0 Å². The first-order valence-electron chi connectivity index (χ1n) is 6.40. The van der Waals surface area contributed by atoms with Gasteiger partial charge in [-0.25, -0.2) is 9.97 Å². The maximum atomic E-state index is 10.1. The number of aliphatic hydroxyl groups is 1. The number of hydrogen-bond donors (Lipinski definition) is 1. The van der Waals surface area contributed by atoms with Gasteiger partial charge in [-0.05, 0) is 30.5 Å². The smallest absolute Gasteiger partial charge is 0.216 e. The third-order valence-corrected chi connectivity index (χ3v) is 3.08. The van der Waals surface area contributed by atoms with Gasteiger partial charge in [0.25, 0.3) is 0 Å². The van der Waals surface area contributed by atoms with Crippen LogP contribution < -0.4 is 9.47 Å². The first-order valence-corrected chi connectivity index (χ1v) is 6.40. The van der Waals surface area contributed by atoms with E-state index < -0.39 is 6.10 Å². The average molecular weight is 274 g/mol. The van der Waals surface area contributed by atoms with Gasteiger partial charge in [0.2, 0.25) is 5.88 Å². The van der Waals surface area contributed by atoms with Crippen molar-refractivity contribution in [3.63, 3.8) is 0 Å². The molecular weight excluding hydrogens is 256 g/mol. The van der Waals surface area contributed by atoms with Crippen molar-refractivity contribution in [1.82, 2.24) is 9.97 Å². The Morgan fingerprint density at radius 1 is 1.10 bits per heavy atom. The molecule has 1 N–H and O–H groups in total. The van der Waals surface area contributed by atoms with Crippen LogP contribution in [0.3, 0.4) is 0 Å². The van der Waals surface area contributed by atoms with E-state index in [1.807, 2.05) is 24.3 Å². The first kappa shape index (κ1) is 14.3. The summed E-state index contributed by atoms with van der Waals surface area (Å²) in [4.78, 5) is 7.99. The molecule has 0 fully saturated rings. The van der Waals surface area contributed by atoms with E-state index in [1.165, 1.54) is 13.4 Å². The Balaban J connectivity index is 1.95. The molecule has 0 aliphatic rings. The van der Waals surface area contributed by atoms with Crippen molar-refractivity contribution in [3.8, 4) is 11.6 Å².